The fraction of sp³-hybridized carbons (Fsp3) is 0.588. The van der Waals surface area contributed by atoms with E-state index in [2.05, 4.69) is 6.92 Å². The summed E-state index contributed by atoms with van der Waals surface area (Å²) >= 11 is 0. The van der Waals surface area contributed by atoms with Crippen LogP contribution in [0.2, 0.25) is 0 Å². The first kappa shape index (κ1) is 19.5. The minimum absolute atomic E-state index is 0.219. The number of ether oxygens (including phenoxy) is 1. The maximum Gasteiger partial charge on any atom is 0.341 e. The fourth-order valence-electron chi connectivity index (χ4n) is 2.24. The van der Waals surface area contributed by atoms with Gasteiger partial charge in [-0.2, -0.15) is 0 Å². The molecule has 0 saturated heterocycles. The van der Waals surface area contributed by atoms with E-state index in [4.69, 9.17) is 9.84 Å². The lowest BCUT2D eigenvalue weighted by molar-refractivity contribution is -0.139. The second kappa shape index (κ2) is 10.3. The minimum Gasteiger partial charge on any atom is -0.482 e. The van der Waals surface area contributed by atoms with Crippen LogP contribution in [-0.4, -0.2) is 37.6 Å². The molecule has 0 spiro atoms. The molecule has 0 aliphatic carbocycles. The molecule has 6 heteroatoms. The molecular weight excluding hydrogens is 316 g/mol. The molecule has 0 heterocycles. The van der Waals surface area contributed by atoms with Crippen molar-refractivity contribution in [3.05, 3.63) is 29.8 Å². The van der Waals surface area contributed by atoms with Crippen LogP contribution < -0.4 is 4.74 Å². The molecule has 5 nitrogen and oxygen atoms in total. The predicted octanol–water partition coefficient (Wildman–Crippen LogP) is 3.08. The molecule has 0 aliphatic rings. The Morgan fingerprint density at radius 2 is 1.70 bits per heavy atom. The number of aryl methyl sites for hydroxylation is 1. The lowest BCUT2D eigenvalue weighted by Crippen LogP contribution is -2.12. The van der Waals surface area contributed by atoms with E-state index in [0.29, 0.717) is 18.6 Å². The molecular formula is C17H26O5S. The first-order chi connectivity index (χ1) is 10.9. The van der Waals surface area contributed by atoms with Crippen molar-refractivity contribution in [2.45, 2.75) is 45.4 Å². The van der Waals surface area contributed by atoms with Gasteiger partial charge >= 0.3 is 5.97 Å². The normalized spacial score (nSPS) is 11.3. The van der Waals surface area contributed by atoms with Gasteiger partial charge in [-0.3, -0.25) is 0 Å². The van der Waals surface area contributed by atoms with Gasteiger partial charge in [-0.15, -0.1) is 0 Å². The average molecular weight is 342 g/mol. The van der Waals surface area contributed by atoms with Crippen LogP contribution in [0.15, 0.2) is 24.3 Å². The molecule has 0 aromatic heterocycles. The van der Waals surface area contributed by atoms with E-state index in [1.807, 2.05) is 12.1 Å². The number of carboxylic acids is 1. The Balaban J connectivity index is 2.30. The molecule has 0 atom stereocenters. The third-order valence-electron chi connectivity index (χ3n) is 3.52. The molecule has 0 amide bonds. The minimum atomic E-state index is -2.95. The topological polar surface area (TPSA) is 80.7 Å². The van der Waals surface area contributed by atoms with Gasteiger partial charge in [-0.1, -0.05) is 38.3 Å². The molecule has 0 bridgehead atoms. The zero-order valence-electron chi connectivity index (χ0n) is 13.7. The standard InChI is InChI=1S/C17H26O5S/c1-2-3-4-5-12-23(20,21)13-6-7-15-8-10-16(11-9-15)22-14-17(18)19/h8-11H,2-7,12-14H2,1H3,(H,18,19). The van der Waals surface area contributed by atoms with Crippen LogP contribution in [0, 0.1) is 0 Å². The molecule has 130 valence electrons. The molecule has 0 saturated carbocycles. The van der Waals surface area contributed by atoms with Crippen LogP contribution in [0.5, 0.6) is 5.75 Å². The van der Waals surface area contributed by atoms with Gasteiger partial charge in [-0.25, -0.2) is 13.2 Å². The fourth-order valence-corrected chi connectivity index (χ4v) is 3.68. The van der Waals surface area contributed by atoms with Gasteiger partial charge in [-0.05, 0) is 37.0 Å². The Morgan fingerprint density at radius 1 is 1.04 bits per heavy atom. The van der Waals surface area contributed by atoms with Gasteiger partial charge in [0.05, 0.1) is 11.5 Å². The SMILES string of the molecule is CCCCCCS(=O)(=O)CCCc1ccc(OCC(=O)O)cc1. The molecule has 1 aromatic rings. The summed E-state index contributed by atoms with van der Waals surface area (Å²) in [5.74, 6) is -0.0105. The molecule has 1 N–H and O–H groups in total. The van der Waals surface area contributed by atoms with E-state index < -0.39 is 15.8 Å². The van der Waals surface area contributed by atoms with Crippen molar-refractivity contribution in [2.24, 2.45) is 0 Å². The number of carboxylic acid groups (broad SMARTS) is 1. The molecule has 0 aliphatic heterocycles. The third kappa shape index (κ3) is 9.23. The van der Waals surface area contributed by atoms with Gasteiger partial charge in [0.1, 0.15) is 15.6 Å². The Bertz CT molecular complexity index is 563. The Hall–Kier alpha value is -1.56. The van der Waals surface area contributed by atoms with Gasteiger partial charge < -0.3 is 9.84 Å². The first-order valence-electron chi connectivity index (χ1n) is 8.07. The second-order valence-corrected chi connectivity index (χ2v) is 7.95. The van der Waals surface area contributed by atoms with Crippen molar-refractivity contribution >= 4 is 15.8 Å². The summed E-state index contributed by atoms with van der Waals surface area (Å²) in [7, 11) is -2.95. The predicted molar refractivity (Wildman–Crippen MR) is 90.7 cm³/mol. The van der Waals surface area contributed by atoms with E-state index >= 15 is 0 Å². The third-order valence-corrected chi connectivity index (χ3v) is 5.34. The summed E-state index contributed by atoms with van der Waals surface area (Å²) < 4.78 is 28.9. The number of unbranched alkanes of at least 4 members (excludes halogenated alkanes) is 3. The maximum atomic E-state index is 11.9. The van der Waals surface area contributed by atoms with Crippen LogP contribution in [0.1, 0.15) is 44.6 Å². The first-order valence-corrected chi connectivity index (χ1v) is 9.89. The maximum absolute atomic E-state index is 11.9. The zero-order valence-corrected chi connectivity index (χ0v) is 14.5. The number of carbonyl (C=O) groups is 1. The number of sulfone groups is 1. The van der Waals surface area contributed by atoms with E-state index in [1.165, 1.54) is 0 Å². The van der Waals surface area contributed by atoms with Crippen molar-refractivity contribution in [1.29, 1.82) is 0 Å². The quantitative estimate of drug-likeness (QED) is 0.590. The Kier molecular flexibility index (Phi) is 8.69. The van der Waals surface area contributed by atoms with Crippen molar-refractivity contribution in [1.82, 2.24) is 0 Å². The summed E-state index contributed by atoms with van der Waals surface area (Å²) in [6, 6.07) is 7.09. The average Bonchev–Trinajstić information content (AvgIpc) is 2.50. The van der Waals surface area contributed by atoms with Crippen molar-refractivity contribution in [3.63, 3.8) is 0 Å². The lowest BCUT2D eigenvalue weighted by atomic mass is 10.1. The van der Waals surface area contributed by atoms with Gasteiger partial charge in [0.15, 0.2) is 6.61 Å². The van der Waals surface area contributed by atoms with E-state index in [1.54, 1.807) is 12.1 Å². The highest BCUT2D eigenvalue weighted by molar-refractivity contribution is 7.91. The van der Waals surface area contributed by atoms with E-state index in [9.17, 15) is 13.2 Å². The highest BCUT2D eigenvalue weighted by Gasteiger charge is 2.10. The van der Waals surface area contributed by atoms with Crippen molar-refractivity contribution < 1.29 is 23.1 Å². The lowest BCUT2D eigenvalue weighted by Gasteiger charge is -2.06. The molecule has 0 fully saturated rings. The Morgan fingerprint density at radius 3 is 2.30 bits per heavy atom. The van der Waals surface area contributed by atoms with Gasteiger partial charge in [0.2, 0.25) is 0 Å². The van der Waals surface area contributed by atoms with Crippen LogP contribution in [-0.2, 0) is 21.1 Å². The molecule has 0 unspecified atom stereocenters. The van der Waals surface area contributed by atoms with Crippen LogP contribution in [0.3, 0.4) is 0 Å². The van der Waals surface area contributed by atoms with Crippen molar-refractivity contribution in [2.75, 3.05) is 18.1 Å². The molecule has 23 heavy (non-hydrogen) atoms. The number of hydrogen-bond acceptors (Lipinski definition) is 4. The highest BCUT2D eigenvalue weighted by atomic mass is 32.2. The van der Waals surface area contributed by atoms with E-state index in [0.717, 1.165) is 31.2 Å². The number of hydrogen-bond donors (Lipinski definition) is 1. The smallest absolute Gasteiger partial charge is 0.341 e. The zero-order chi connectivity index (χ0) is 17.1. The number of rotatable bonds is 12. The number of benzene rings is 1. The van der Waals surface area contributed by atoms with E-state index in [-0.39, 0.29) is 18.1 Å². The number of aliphatic carboxylic acids is 1. The second-order valence-electron chi connectivity index (χ2n) is 5.64. The summed E-state index contributed by atoms with van der Waals surface area (Å²) in [5.41, 5.74) is 1.02. The molecule has 1 rings (SSSR count). The van der Waals surface area contributed by atoms with Crippen LogP contribution >= 0.6 is 0 Å². The van der Waals surface area contributed by atoms with Crippen molar-refractivity contribution in [3.8, 4) is 5.75 Å². The Labute approximate surface area is 138 Å². The summed E-state index contributed by atoms with van der Waals surface area (Å²) in [4.78, 5) is 10.4. The summed E-state index contributed by atoms with van der Waals surface area (Å²) in [5, 5.41) is 8.53. The summed E-state index contributed by atoms with van der Waals surface area (Å²) in [6.07, 6.45) is 5.22. The molecule has 1 aromatic carbocycles. The van der Waals surface area contributed by atoms with Gasteiger partial charge in [0.25, 0.3) is 0 Å². The van der Waals surface area contributed by atoms with Gasteiger partial charge in [0, 0.05) is 0 Å². The largest absolute Gasteiger partial charge is 0.482 e. The van der Waals surface area contributed by atoms with Crippen LogP contribution in [0.4, 0.5) is 0 Å². The highest BCUT2D eigenvalue weighted by Crippen LogP contribution is 2.14. The monoisotopic (exact) mass is 342 g/mol. The summed E-state index contributed by atoms with van der Waals surface area (Å²) in [6.45, 7) is 1.74. The molecule has 0 radical (unpaired) electrons. The van der Waals surface area contributed by atoms with Crippen LogP contribution in [0.25, 0.3) is 0 Å².